The minimum absolute atomic E-state index is 0.198. The van der Waals surface area contributed by atoms with E-state index in [9.17, 15) is 9.90 Å². The van der Waals surface area contributed by atoms with Crippen LogP contribution < -0.4 is 0 Å². The first kappa shape index (κ1) is 13.5. The van der Waals surface area contributed by atoms with E-state index in [1.807, 2.05) is 18.9 Å². The fourth-order valence-electron chi connectivity index (χ4n) is 2.04. The Bertz CT molecular complexity index is 238. The Hall–Kier alpha value is -0.610. The van der Waals surface area contributed by atoms with Gasteiger partial charge in [-0.1, -0.05) is 6.92 Å². The van der Waals surface area contributed by atoms with Crippen molar-refractivity contribution in [3.63, 3.8) is 0 Å². The molecule has 0 spiro atoms. The van der Waals surface area contributed by atoms with Gasteiger partial charge in [-0.2, -0.15) is 0 Å². The van der Waals surface area contributed by atoms with Crippen LogP contribution in [0.4, 0.5) is 0 Å². The number of rotatable bonds is 5. The highest BCUT2D eigenvalue weighted by Gasteiger charge is 2.36. The number of hydrogen-bond donors (Lipinski definition) is 1. The van der Waals surface area contributed by atoms with Gasteiger partial charge in [0, 0.05) is 13.2 Å². The maximum Gasteiger partial charge on any atom is 0.323 e. The number of likely N-dealkylation sites (N-methyl/N-ethyl adjacent to an activating group) is 1. The van der Waals surface area contributed by atoms with Crippen molar-refractivity contribution < 1.29 is 14.6 Å². The Balaban J connectivity index is 2.54. The van der Waals surface area contributed by atoms with E-state index in [0.717, 1.165) is 19.4 Å². The molecule has 4 nitrogen and oxygen atoms in total. The van der Waals surface area contributed by atoms with Crippen LogP contribution >= 0.6 is 0 Å². The molecule has 2 atom stereocenters. The maximum atomic E-state index is 11.3. The van der Waals surface area contributed by atoms with Gasteiger partial charge in [0.2, 0.25) is 0 Å². The zero-order valence-electron chi connectivity index (χ0n) is 10.5. The average molecular weight is 229 g/mol. The molecular weight excluding hydrogens is 206 g/mol. The lowest BCUT2D eigenvalue weighted by atomic mass is 9.96. The second-order valence-electron chi connectivity index (χ2n) is 4.80. The summed E-state index contributed by atoms with van der Waals surface area (Å²) >= 11 is 0. The first-order valence-electron chi connectivity index (χ1n) is 6.07. The van der Waals surface area contributed by atoms with Gasteiger partial charge in [0.1, 0.15) is 5.54 Å². The van der Waals surface area contributed by atoms with E-state index in [1.165, 1.54) is 6.42 Å². The average Bonchev–Trinajstić information content (AvgIpc) is 2.28. The molecule has 1 saturated heterocycles. The Morgan fingerprint density at radius 3 is 2.69 bits per heavy atom. The van der Waals surface area contributed by atoms with Crippen molar-refractivity contribution in [1.82, 2.24) is 4.90 Å². The molecule has 1 aliphatic heterocycles. The smallest absolute Gasteiger partial charge is 0.323 e. The van der Waals surface area contributed by atoms with Crippen LogP contribution in [-0.4, -0.2) is 47.8 Å². The Morgan fingerprint density at radius 1 is 1.56 bits per heavy atom. The highest BCUT2D eigenvalue weighted by atomic mass is 16.5. The lowest BCUT2D eigenvalue weighted by Gasteiger charge is -2.37. The van der Waals surface area contributed by atoms with E-state index in [0.29, 0.717) is 13.0 Å². The lowest BCUT2D eigenvalue weighted by Crippen LogP contribution is -2.52. The van der Waals surface area contributed by atoms with E-state index < -0.39 is 11.5 Å². The zero-order valence-corrected chi connectivity index (χ0v) is 10.5. The molecule has 1 N–H and O–H groups in total. The number of carboxylic acids is 1. The number of carbonyl (C=O) groups is 1. The third-order valence-electron chi connectivity index (χ3n) is 3.74. The van der Waals surface area contributed by atoms with Crippen LogP contribution in [0.5, 0.6) is 0 Å². The summed E-state index contributed by atoms with van der Waals surface area (Å²) in [7, 11) is 1.87. The molecule has 0 aromatic rings. The summed E-state index contributed by atoms with van der Waals surface area (Å²) in [6.07, 6.45) is 4.16. The topological polar surface area (TPSA) is 49.8 Å². The monoisotopic (exact) mass is 229 g/mol. The van der Waals surface area contributed by atoms with E-state index in [-0.39, 0.29) is 6.10 Å². The summed E-state index contributed by atoms with van der Waals surface area (Å²) in [4.78, 5) is 13.2. The van der Waals surface area contributed by atoms with Gasteiger partial charge >= 0.3 is 5.97 Å². The minimum atomic E-state index is -0.777. The zero-order chi connectivity index (χ0) is 12.2. The molecule has 16 heavy (non-hydrogen) atoms. The first-order chi connectivity index (χ1) is 7.50. The summed E-state index contributed by atoms with van der Waals surface area (Å²) in [5.41, 5.74) is -0.777. The molecule has 1 heterocycles. The van der Waals surface area contributed by atoms with Gasteiger partial charge in [0.15, 0.2) is 0 Å². The Morgan fingerprint density at radius 2 is 2.25 bits per heavy atom. The summed E-state index contributed by atoms with van der Waals surface area (Å²) in [6, 6.07) is 0. The second-order valence-corrected chi connectivity index (χ2v) is 4.80. The quantitative estimate of drug-likeness (QED) is 0.780. The van der Waals surface area contributed by atoms with Crippen molar-refractivity contribution >= 4 is 5.97 Å². The van der Waals surface area contributed by atoms with Gasteiger partial charge < -0.3 is 9.84 Å². The molecule has 0 bridgehead atoms. The summed E-state index contributed by atoms with van der Waals surface area (Å²) in [5, 5.41) is 9.25. The molecule has 1 rings (SSSR count). The number of ether oxygens (including phenoxy) is 1. The predicted octanol–water partition coefficient (Wildman–Crippen LogP) is 1.74. The van der Waals surface area contributed by atoms with Crippen molar-refractivity contribution in [2.75, 3.05) is 20.2 Å². The van der Waals surface area contributed by atoms with Gasteiger partial charge in [-0.25, -0.2) is 0 Å². The largest absolute Gasteiger partial charge is 0.480 e. The third kappa shape index (κ3) is 2.95. The summed E-state index contributed by atoms with van der Waals surface area (Å²) in [6.45, 7) is 5.20. The molecule has 0 saturated carbocycles. The molecular formula is C12H23NO3. The van der Waals surface area contributed by atoms with Crippen molar-refractivity contribution in [2.45, 2.75) is 51.2 Å². The van der Waals surface area contributed by atoms with Crippen LogP contribution in [0.2, 0.25) is 0 Å². The molecule has 94 valence electrons. The van der Waals surface area contributed by atoms with Crippen molar-refractivity contribution in [1.29, 1.82) is 0 Å². The van der Waals surface area contributed by atoms with Gasteiger partial charge in [-0.3, -0.25) is 9.69 Å². The Labute approximate surface area is 97.6 Å². The lowest BCUT2D eigenvalue weighted by molar-refractivity contribution is -0.151. The van der Waals surface area contributed by atoms with E-state index in [1.54, 1.807) is 6.92 Å². The second kappa shape index (κ2) is 5.64. The molecule has 0 aromatic heterocycles. The molecule has 0 amide bonds. The van der Waals surface area contributed by atoms with Crippen LogP contribution in [-0.2, 0) is 9.53 Å². The number of aliphatic carboxylic acids is 1. The molecule has 2 unspecified atom stereocenters. The number of carboxylic acid groups (broad SMARTS) is 1. The minimum Gasteiger partial charge on any atom is -0.480 e. The van der Waals surface area contributed by atoms with Crippen LogP contribution in [0.1, 0.15) is 39.5 Å². The van der Waals surface area contributed by atoms with Crippen molar-refractivity contribution in [3.05, 3.63) is 0 Å². The van der Waals surface area contributed by atoms with Gasteiger partial charge in [0.25, 0.3) is 0 Å². The SMILES string of the molecule is CCC(C)(C(=O)O)N(C)CC1CCCCO1. The number of hydrogen-bond acceptors (Lipinski definition) is 3. The van der Waals surface area contributed by atoms with Gasteiger partial charge in [-0.05, 0) is 39.7 Å². The van der Waals surface area contributed by atoms with Gasteiger partial charge in [-0.15, -0.1) is 0 Å². The van der Waals surface area contributed by atoms with Crippen LogP contribution in [0, 0.1) is 0 Å². The van der Waals surface area contributed by atoms with Crippen molar-refractivity contribution in [2.24, 2.45) is 0 Å². The highest BCUT2D eigenvalue weighted by molar-refractivity contribution is 5.78. The molecule has 4 heteroatoms. The molecule has 1 fully saturated rings. The molecule has 0 aromatic carbocycles. The fraction of sp³-hybridized carbons (Fsp3) is 0.917. The third-order valence-corrected chi connectivity index (χ3v) is 3.74. The fourth-order valence-corrected chi connectivity index (χ4v) is 2.04. The Kier molecular flexibility index (Phi) is 4.74. The molecule has 0 aliphatic carbocycles. The predicted molar refractivity (Wildman–Crippen MR) is 62.6 cm³/mol. The van der Waals surface area contributed by atoms with E-state index >= 15 is 0 Å². The van der Waals surface area contributed by atoms with Gasteiger partial charge in [0.05, 0.1) is 6.10 Å². The highest BCUT2D eigenvalue weighted by Crippen LogP contribution is 2.21. The van der Waals surface area contributed by atoms with Crippen LogP contribution in [0.3, 0.4) is 0 Å². The summed E-state index contributed by atoms with van der Waals surface area (Å²) in [5.74, 6) is -0.756. The van der Waals surface area contributed by atoms with E-state index in [2.05, 4.69) is 0 Å². The van der Waals surface area contributed by atoms with E-state index in [4.69, 9.17) is 4.74 Å². The van der Waals surface area contributed by atoms with Crippen LogP contribution in [0.25, 0.3) is 0 Å². The first-order valence-corrected chi connectivity index (χ1v) is 6.07. The summed E-state index contributed by atoms with van der Waals surface area (Å²) < 4.78 is 5.63. The maximum absolute atomic E-state index is 11.3. The normalized spacial score (nSPS) is 25.4. The molecule has 0 radical (unpaired) electrons. The van der Waals surface area contributed by atoms with Crippen molar-refractivity contribution in [3.8, 4) is 0 Å². The number of nitrogens with zero attached hydrogens (tertiary/aromatic N) is 1. The van der Waals surface area contributed by atoms with Crippen LogP contribution in [0.15, 0.2) is 0 Å². The molecule has 1 aliphatic rings. The standard InChI is InChI=1S/C12H23NO3/c1-4-12(2,11(14)15)13(3)9-10-7-5-6-8-16-10/h10H,4-9H2,1-3H3,(H,14,15).